The van der Waals surface area contributed by atoms with Crippen molar-refractivity contribution in [3.05, 3.63) is 0 Å². The molecule has 0 aliphatic carbocycles. The van der Waals surface area contributed by atoms with Gasteiger partial charge in [0.05, 0.1) is 5.75 Å². The topological polar surface area (TPSA) is 37.4 Å². The molecule has 1 aliphatic rings. The Morgan fingerprint density at radius 3 is 2.20 bits per heavy atom. The van der Waals surface area contributed by atoms with Gasteiger partial charge in [0.1, 0.15) is 0 Å². The highest BCUT2D eigenvalue weighted by Gasteiger charge is 2.29. The molecule has 0 radical (unpaired) electrons. The summed E-state index contributed by atoms with van der Waals surface area (Å²) in [4.78, 5) is 0. The van der Waals surface area contributed by atoms with Crippen molar-refractivity contribution in [2.45, 2.75) is 40.0 Å². The van der Waals surface area contributed by atoms with Crippen LogP contribution in [0, 0.1) is 11.8 Å². The first-order chi connectivity index (χ1) is 6.95. The standard InChI is InChI=1S/C11H23NO2S/c1-4-5-6-15(13,14)12-8-10(2)7-11(3)9-12/h10-11H,4-9H2,1-3H3/t10-,11-/m0/s1. The highest BCUT2D eigenvalue weighted by Crippen LogP contribution is 2.23. The van der Waals surface area contributed by atoms with E-state index >= 15 is 0 Å². The van der Waals surface area contributed by atoms with Crippen molar-refractivity contribution in [1.29, 1.82) is 0 Å². The summed E-state index contributed by atoms with van der Waals surface area (Å²) < 4.78 is 25.6. The van der Waals surface area contributed by atoms with Crippen molar-refractivity contribution in [2.75, 3.05) is 18.8 Å². The lowest BCUT2D eigenvalue weighted by Crippen LogP contribution is -2.43. The summed E-state index contributed by atoms with van der Waals surface area (Å²) in [6.07, 6.45) is 2.87. The van der Waals surface area contributed by atoms with Crippen molar-refractivity contribution in [1.82, 2.24) is 4.31 Å². The van der Waals surface area contributed by atoms with Crippen molar-refractivity contribution < 1.29 is 8.42 Å². The minimum Gasteiger partial charge on any atom is -0.212 e. The first-order valence-electron chi connectivity index (χ1n) is 5.93. The zero-order valence-electron chi connectivity index (χ0n) is 10.1. The van der Waals surface area contributed by atoms with E-state index in [9.17, 15) is 8.42 Å². The zero-order valence-corrected chi connectivity index (χ0v) is 10.9. The molecule has 1 fully saturated rings. The fourth-order valence-electron chi connectivity index (χ4n) is 2.29. The summed E-state index contributed by atoms with van der Waals surface area (Å²) in [7, 11) is -2.98. The maximum absolute atomic E-state index is 12.0. The molecule has 1 saturated heterocycles. The van der Waals surface area contributed by atoms with Gasteiger partial charge in [0.15, 0.2) is 0 Å². The van der Waals surface area contributed by atoms with Crippen LogP contribution in [0.2, 0.25) is 0 Å². The van der Waals surface area contributed by atoms with Gasteiger partial charge in [-0.15, -0.1) is 0 Å². The normalized spacial score (nSPS) is 29.3. The van der Waals surface area contributed by atoms with Gasteiger partial charge in [0.25, 0.3) is 0 Å². The summed E-state index contributed by atoms with van der Waals surface area (Å²) in [5.41, 5.74) is 0. The fourth-order valence-corrected chi connectivity index (χ4v) is 4.16. The maximum atomic E-state index is 12.0. The number of rotatable bonds is 4. The highest BCUT2D eigenvalue weighted by molar-refractivity contribution is 7.89. The Kier molecular flexibility index (Phi) is 4.59. The molecule has 1 rings (SSSR count). The van der Waals surface area contributed by atoms with E-state index in [-0.39, 0.29) is 0 Å². The number of sulfonamides is 1. The maximum Gasteiger partial charge on any atom is 0.214 e. The molecule has 0 N–H and O–H groups in total. The number of hydrogen-bond acceptors (Lipinski definition) is 2. The molecule has 2 atom stereocenters. The lowest BCUT2D eigenvalue weighted by Gasteiger charge is -2.34. The highest BCUT2D eigenvalue weighted by atomic mass is 32.2. The first-order valence-corrected chi connectivity index (χ1v) is 7.54. The number of nitrogens with zero attached hydrogens (tertiary/aromatic N) is 1. The second-order valence-corrected chi connectivity index (χ2v) is 7.02. The molecule has 3 nitrogen and oxygen atoms in total. The van der Waals surface area contributed by atoms with Crippen molar-refractivity contribution in [3.63, 3.8) is 0 Å². The van der Waals surface area contributed by atoms with Crippen LogP contribution in [0.3, 0.4) is 0 Å². The smallest absolute Gasteiger partial charge is 0.212 e. The van der Waals surface area contributed by atoms with Gasteiger partial charge in [0, 0.05) is 13.1 Å². The molecule has 0 unspecified atom stereocenters. The van der Waals surface area contributed by atoms with Gasteiger partial charge in [-0.2, -0.15) is 0 Å². The monoisotopic (exact) mass is 233 g/mol. The summed E-state index contributed by atoms with van der Waals surface area (Å²) in [6, 6.07) is 0. The van der Waals surface area contributed by atoms with Gasteiger partial charge in [-0.05, 0) is 24.7 Å². The molecule has 0 amide bonds. The SMILES string of the molecule is CCCCS(=O)(=O)N1C[C@@H](C)C[C@H](C)C1. The summed E-state index contributed by atoms with van der Waals surface area (Å²) in [5, 5.41) is 0. The number of hydrogen-bond donors (Lipinski definition) is 0. The molecule has 0 aromatic heterocycles. The molecule has 90 valence electrons. The van der Waals surface area contributed by atoms with Crippen LogP contribution in [0.25, 0.3) is 0 Å². The molecule has 1 aliphatic heterocycles. The van der Waals surface area contributed by atoms with Gasteiger partial charge >= 0.3 is 0 Å². The largest absolute Gasteiger partial charge is 0.214 e. The molecule has 0 aromatic rings. The Balaban J connectivity index is 2.61. The first kappa shape index (κ1) is 13.0. The minimum atomic E-state index is -2.98. The third-order valence-electron chi connectivity index (χ3n) is 2.98. The Labute approximate surface area is 93.9 Å². The molecule has 0 spiro atoms. The van der Waals surface area contributed by atoms with Crippen LogP contribution >= 0.6 is 0 Å². The van der Waals surface area contributed by atoms with Crippen molar-refractivity contribution in [3.8, 4) is 0 Å². The molecule has 0 saturated carbocycles. The lowest BCUT2D eigenvalue weighted by atomic mass is 9.94. The molecular formula is C11H23NO2S. The van der Waals surface area contributed by atoms with Crippen LogP contribution in [0.1, 0.15) is 40.0 Å². The Morgan fingerprint density at radius 1 is 1.20 bits per heavy atom. The van der Waals surface area contributed by atoms with E-state index in [2.05, 4.69) is 13.8 Å². The zero-order chi connectivity index (χ0) is 11.5. The Morgan fingerprint density at radius 2 is 1.73 bits per heavy atom. The summed E-state index contributed by atoms with van der Waals surface area (Å²) >= 11 is 0. The van der Waals surface area contributed by atoms with E-state index in [4.69, 9.17) is 0 Å². The van der Waals surface area contributed by atoms with Gasteiger partial charge < -0.3 is 0 Å². The number of piperidine rings is 1. The quantitative estimate of drug-likeness (QED) is 0.745. The van der Waals surface area contributed by atoms with Crippen LogP contribution < -0.4 is 0 Å². The van der Waals surface area contributed by atoms with E-state index in [1.54, 1.807) is 4.31 Å². The average molecular weight is 233 g/mol. The van der Waals surface area contributed by atoms with Gasteiger partial charge in [0.2, 0.25) is 10.0 Å². The average Bonchev–Trinajstić information content (AvgIpc) is 2.13. The molecule has 15 heavy (non-hydrogen) atoms. The fraction of sp³-hybridized carbons (Fsp3) is 1.00. The molecule has 0 aromatic carbocycles. The number of unbranched alkanes of at least 4 members (excludes halogenated alkanes) is 1. The van der Waals surface area contributed by atoms with Crippen LogP contribution in [0.5, 0.6) is 0 Å². The second kappa shape index (κ2) is 5.30. The van der Waals surface area contributed by atoms with Crippen molar-refractivity contribution >= 4 is 10.0 Å². The molecular weight excluding hydrogens is 210 g/mol. The van der Waals surface area contributed by atoms with E-state index in [0.717, 1.165) is 32.4 Å². The second-order valence-electron chi connectivity index (χ2n) is 4.93. The molecule has 0 bridgehead atoms. The van der Waals surface area contributed by atoms with Gasteiger partial charge in [-0.25, -0.2) is 12.7 Å². The van der Waals surface area contributed by atoms with E-state index in [1.165, 1.54) is 0 Å². The predicted octanol–water partition coefficient (Wildman–Crippen LogP) is 2.09. The van der Waals surface area contributed by atoms with Crippen LogP contribution in [-0.4, -0.2) is 31.6 Å². The predicted molar refractivity (Wildman–Crippen MR) is 63.2 cm³/mol. The van der Waals surface area contributed by atoms with Crippen molar-refractivity contribution in [2.24, 2.45) is 11.8 Å². The third kappa shape index (κ3) is 3.76. The molecule has 4 heteroatoms. The summed E-state index contributed by atoms with van der Waals surface area (Å²) in [5.74, 6) is 1.33. The lowest BCUT2D eigenvalue weighted by molar-refractivity contribution is 0.222. The van der Waals surface area contributed by atoms with E-state index in [0.29, 0.717) is 17.6 Å². The summed E-state index contributed by atoms with van der Waals surface area (Å²) in [6.45, 7) is 7.74. The van der Waals surface area contributed by atoms with Gasteiger partial charge in [-0.1, -0.05) is 27.2 Å². The van der Waals surface area contributed by atoms with Crippen LogP contribution in [0.4, 0.5) is 0 Å². The van der Waals surface area contributed by atoms with E-state index in [1.807, 2.05) is 6.92 Å². The van der Waals surface area contributed by atoms with E-state index < -0.39 is 10.0 Å². The minimum absolute atomic E-state index is 0.322. The Hall–Kier alpha value is -0.0900. The third-order valence-corrected chi connectivity index (χ3v) is 4.87. The van der Waals surface area contributed by atoms with Gasteiger partial charge in [-0.3, -0.25) is 0 Å². The Bertz CT molecular complexity index is 277. The van der Waals surface area contributed by atoms with Crippen LogP contribution in [-0.2, 0) is 10.0 Å². The molecule has 1 heterocycles. The van der Waals surface area contributed by atoms with Crippen LogP contribution in [0.15, 0.2) is 0 Å².